The molecule has 0 heterocycles. The van der Waals surface area contributed by atoms with Gasteiger partial charge in [-0.25, -0.2) is 0 Å². The Kier molecular flexibility index (Phi) is 7.53. The summed E-state index contributed by atoms with van der Waals surface area (Å²) in [5, 5.41) is 3.38. The van der Waals surface area contributed by atoms with Crippen LogP contribution < -0.4 is 10.2 Å². The number of nitrogens with one attached hydrogen (secondary N) is 1. The zero-order valence-corrected chi connectivity index (χ0v) is 12.8. The van der Waals surface area contributed by atoms with Crippen molar-refractivity contribution in [2.45, 2.75) is 34.2 Å². The molecule has 0 spiro atoms. The van der Waals surface area contributed by atoms with E-state index in [1.807, 2.05) is 6.92 Å². The first-order valence-corrected chi connectivity index (χ1v) is 7.35. The van der Waals surface area contributed by atoms with Gasteiger partial charge in [-0.05, 0) is 50.6 Å². The van der Waals surface area contributed by atoms with Crippen molar-refractivity contribution in [1.82, 2.24) is 5.32 Å². The summed E-state index contributed by atoms with van der Waals surface area (Å²) in [5.74, 6) is 0. The number of benzene rings is 1. The van der Waals surface area contributed by atoms with Crippen LogP contribution in [0.1, 0.15) is 31.9 Å². The molecule has 0 bridgehead atoms. The van der Waals surface area contributed by atoms with Crippen molar-refractivity contribution in [3.8, 4) is 0 Å². The Bertz CT molecular complexity index is 366. The minimum absolute atomic E-state index is 0.790. The van der Waals surface area contributed by atoms with Gasteiger partial charge in [-0.3, -0.25) is 0 Å². The molecular weight excluding hydrogens is 236 g/mol. The molecule has 0 unspecified atom stereocenters. The van der Waals surface area contributed by atoms with Crippen LogP contribution in [0.2, 0.25) is 0 Å². The van der Waals surface area contributed by atoms with Crippen LogP contribution in [0.25, 0.3) is 0 Å². The Balaban J connectivity index is 2.68. The molecular formula is C16H28N2O. The molecule has 0 amide bonds. The Labute approximate surface area is 118 Å². The fourth-order valence-electron chi connectivity index (χ4n) is 2.12. The molecule has 0 aliphatic carbocycles. The van der Waals surface area contributed by atoms with E-state index in [-0.39, 0.29) is 0 Å². The predicted molar refractivity (Wildman–Crippen MR) is 82.9 cm³/mol. The van der Waals surface area contributed by atoms with Crippen molar-refractivity contribution >= 4 is 5.69 Å². The molecule has 1 aromatic carbocycles. The number of likely N-dealkylation sites (N-methyl/N-ethyl adjacent to an activating group) is 1. The minimum Gasteiger partial charge on any atom is -0.380 e. The molecule has 1 aromatic rings. The van der Waals surface area contributed by atoms with E-state index in [9.17, 15) is 0 Å². The zero-order chi connectivity index (χ0) is 14.1. The molecule has 1 rings (SSSR count). The predicted octanol–water partition coefficient (Wildman–Crippen LogP) is 2.97. The monoisotopic (exact) mass is 264 g/mol. The van der Waals surface area contributed by atoms with E-state index in [0.29, 0.717) is 0 Å². The first-order chi connectivity index (χ1) is 9.22. The van der Waals surface area contributed by atoms with Gasteiger partial charge in [0, 0.05) is 31.9 Å². The number of hydrogen-bond donors (Lipinski definition) is 1. The summed E-state index contributed by atoms with van der Waals surface area (Å²) in [4.78, 5) is 2.36. The van der Waals surface area contributed by atoms with Crippen LogP contribution in [0, 0.1) is 6.92 Å². The van der Waals surface area contributed by atoms with E-state index < -0.39 is 0 Å². The van der Waals surface area contributed by atoms with Gasteiger partial charge in [0.25, 0.3) is 0 Å². The molecule has 108 valence electrons. The van der Waals surface area contributed by atoms with Crippen molar-refractivity contribution in [3.63, 3.8) is 0 Å². The SMILES string of the molecule is CCNCc1ccc(N(CC)CCOCC)cc1C. The number of ether oxygens (including phenoxy) is 1. The van der Waals surface area contributed by atoms with Crippen LogP contribution in [0.4, 0.5) is 5.69 Å². The fraction of sp³-hybridized carbons (Fsp3) is 0.625. The molecule has 1 N–H and O–H groups in total. The molecule has 3 heteroatoms. The van der Waals surface area contributed by atoms with Gasteiger partial charge in [-0.1, -0.05) is 13.0 Å². The molecule has 0 saturated carbocycles. The van der Waals surface area contributed by atoms with Crippen LogP contribution in [-0.2, 0) is 11.3 Å². The largest absolute Gasteiger partial charge is 0.380 e. The van der Waals surface area contributed by atoms with E-state index in [2.05, 4.69) is 49.2 Å². The first kappa shape index (κ1) is 16.0. The summed E-state index contributed by atoms with van der Waals surface area (Å²) in [6.45, 7) is 14.1. The third-order valence-electron chi connectivity index (χ3n) is 3.35. The summed E-state index contributed by atoms with van der Waals surface area (Å²) >= 11 is 0. The molecule has 19 heavy (non-hydrogen) atoms. The van der Waals surface area contributed by atoms with Crippen molar-refractivity contribution < 1.29 is 4.74 Å². The van der Waals surface area contributed by atoms with Gasteiger partial charge in [0.1, 0.15) is 0 Å². The summed E-state index contributed by atoms with van der Waals surface area (Å²) in [5.41, 5.74) is 4.03. The molecule has 0 radical (unpaired) electrons. The smallest absolute Gasteiger partial charge is 0.0641 e. The lowest BCUT2D eigenvalue weighted by atomic mass is 10.1. The third-order valence-corrected chi connectivity index (χ3v) is 3.35. The maximum absolute atomic E-state index is 5.44. The second-order valence-electron chi connectivity index (χ2n) is 4.67. The quantitative estimate of drug-likeness (QED) is 0.694. The zero-order valence-electron chi connectivity index (χ0n) is 12.8. The Morgan fingerprint density at radius 2 is 2.00 bits per heavy atom. The summed E-state index contributed by atoms with van der Waals surface area (Å²) < 4.78 is 5.44. The summed E-state index contributed by atoms with van der Waals surface area (Å²) in [7, 11) is 0. The van der Waals surface area contributed by atoms with Crippen molar-refractivity contribution in [2.75, 3.05) is 37.7 Å². The van der Waals surface area contributed by atoms with E-state index in [1.165, 1.54) is 16.8 Å². The van der Waals surface area contributed by atoms with Gasteiger partial charge in [0.05, 0.1) is 6.61 Å². The highest BCUT2D eigenvalue weighted by Gasteiger charge is 2.06. The van der Waals surface area contributed by atoms with E-state index in [1.54, 1.807) is 0 Å². The van der Waals surface area contributed by atoms with E-state index >= 15 is 0 Å². The van der Waals surface area contributed by atoms with Crippen LogP contribution in [-0.4, -0.2) is 32.8 Å². The number of hydrogen-bond acceptors (Lipinski definition) is 3. The number of nitrogens with zero attached hydrogens (tertiary/aromatic N) is 1. The minimum atomic E-state index is 0.790. The van der Waals surface area contributed by atoms with E-state index in [0.717, 1.165) is 39.4 Å². The lowest BCUT2D eigenvalue weighted by Crippen LogP contribution is -2.27. The number of rotatable bonds is 9. The van der Waals surface area contributed by atoms with Gasteiger partial charge in [0.15, 0.2) is 0 Å². The fourth-order valence-corrected chi connectivity index (χ4v) is 2.12. The molecule has 0 aliphatic rings. The molecule has 0 aliphatic heterocycles. The second-order valence-corrected chi connectivity index (χ2v) is 4.67. The van der Waals surface area contributed by atoms with Crippen molar-refractivity contribution in [2.24, 2.45) is 0 Å². The van der Waals surface area contributed by atoms with Gasteiger partial charge in [-0.15, -0.1) is 0 Å². The molecule has 0 atom stereocenters. The highest BCUT2D eigenvalue weighted by atomic mass is 16.5. The van der Waals surface area contributed by atoms with Crippen LogP contribution in [0.15, 0.2) is 18.2 Å². The van der Waals surface area contributed by atoms with Gasteiger partial charge < -0.3 is 15.0 Å². The number of anilines is 1. The van der Waals surface area contributed by atoms with Gasteiger partial charge in [-0.2, -0.15) is 0 Å². The standard InChI is InChI=1S/C16H28N2O/c1-5-17-13-15-8-9-16(12-14(15)4)18(6-2)10-11-19-7-3/h8-9,12,17H,5-7,10-11,13H2,1-4H3. The number of aryl methyl sites for hydroxylation is 1. The maximum Gasteiger partial charge on any atom is 0.0641 e. The summed E-state index contributed by atoms with van der Waals surface area (Å²) in [6, 6.07) is 6.73. The second kappa shape index (κ2) is 8.94. The lowest BCUT2D eigenvalue weighted by Gasteiger charge is -2.24. The normalized spacial score (nSPS) is 10.7. The van der Waals surface area contributed by atoms with Crippen LogP contribution in [0.3, 0.4) is 0 Å². The van der Waals surface area contributed by atoms with Crippen molar-refractivity contribution in [3.05, 3.63) is 29.3 Å². The topological polar surface area (TPSA) is 24.5 Å². The average molecular weight is 264 g/mol. The molecule has 0 fully saturated rings. The highest BCUT2D eigenvalue weighted by molar-refractivity contribution is 5.50. The van der Waals surface area contributed by atoms with Gasteiger partial charge in [0.2, 0.25) is 0 Å². The third kappa shape index (κ3) is 5.21. The Morgan fingerprint density at radius 3 is 2.58 bits per heavy atom. The Morgan fingerprint density at radius 1 is 1.21 bits per heavy atom. The van der Waals surface area contributed by atoms with Gasteiger partial charge >= 0.3 is 0 Å². The van der Waals surface area contributed by atoms with Crippen molar-refractivity contribution in [1.29, 1.82) is 0 Å². The average Bonchev–Trinajstić information content (AvgIpc) is 2.42. The molecule has 0 saturated heterocycles. The maximum atomic E-state index is 5.44. The Hall–Kier alpha value is -1.06. The lowest BCUT2D eigenvalue weighted by molar-refractivity contribution is 0.154. The highest BCUT2D eigenvalue weighted by Crippen LogP contribution is 2.19. The van der Waals surface area contributed by atoms with Crippen LogP contribution in [0.5, 0.6) is 0 Å². The summed E-state index contributed by atoms with van der Waals surface area (Å²) in [6.07, 6.45) is 0. The molecule has 0 aromatic heterocycles. The first-order valence-electron chi connectivity index (χ1n) is 7.35. The van der Waals surface area contributed by atoms with E-state index in [4.69, 9.17) is 4.74 Å². The molecule has 3 nitrogen and oxygen atoms in total. The van der Waals surface area contributed by atoms with Crippen LogP contribution >= 0.6 is 0 Å².